The van der Waals surface area contributed by atoms with Gasteiger partial charge in [-0.05, 0) is 150 Å². The highest BCUT2D eigenvalue weighted by Gasteiger charge is 2.44. The van der Waals surface area contributed by atoms with Gasteiger partial charge >= 0.3 is 0 Å². The van der Waals surface area contributed by atoms with Crippen molar-refractivity contribution < 1.29 is 14.4 Å². The number of carbonyl (C=O) groups excluding carboxylic acids is 3. The molecular formula is C36H51N3O3. The van der Waals surface area contributed by atoms with Gasteiger partial charge in [-0.15, -0.1) is 0 Å². The summed E-state index contributed by atoms with van der Waals surface area (Å²) in [7, 11) is 0. The SMILES string of the molecule is C[C@H](NC(=O)c1cc(C(=O)N[C@H](C)[C@@H]2C[C@H]3CC[C@H]2C3)cc(C(=O)N[C@H](C)[C@@H]2C[C@H]3CC[C@H]2C3)c1)[C@H]1C[C@H]2CC[C@H]1C2. The van der Waals surface area contributed by atoms with Crippen molar-refractivity contribution in [3.8, 4) is 0 Å². The van der Waals surface area contributed by atoms with Crippen LogP contribution < -0.4 is 16.0 Å². The fourth-order valence-corrected chi connectivity index (χ4v) is 10.9. The van der Waals surface area contributed by atoms with Crippen LogP contribution in [0.2, 0.25) is 0 Å². The summed E-state index contributed by atoms with van der Waals surface area (Å²) in [5.74, 6) is 5.59. The molecule has 0 radical (unpaired) electrons. The normalized spacial score (nSPS) is 37.9. The average Bonchev–Trinajstić information content (AvgIpc) is 3.84. The van der Waals surface area contributed by atoms with Crippen molar-refractivity contribution in [2.75, 3.05) is 0 Å². The number of nitrogens with one attached hydrogen (secondary N) is 3. The smallest absolute Gasteiger partial charge is 0.251 e. The summed E-state index contributed by atoms with van der Waals surface area (Å²) in [5, 5.41) is 9.78. The van der Waals surface area contributed by atoms with Crippen LogP contribution in [-0.2, 0) is 0 Å². The van der Waals surface area contributed by atoms with Crippen LogP contribution in [0.1, 0.15) is 129 Å². The number of benzene rings is 1. The minimum Gasteiger partial charge on any atom is -0.349 e. The maximum atomic E-state index is 13.6. The van der Waals surface area contributed by atoms with Crippen molar-refractivity contribution >= 4 is 17.7 Å². The number of fused-ring (bicyclic) bond motifs is 6. The third-order valence-electron chi connectivity index (χ3n) is 13.1. The first-order chi connectivity index (χ1) is 20.2. The first-order valence-electron chi connectivity index (χ1n) is 17.3. The van der Waals surface area contributed by atoms with Crippen molar-refractivity contribution in [3.05, 3.63) is 34.9 Å². The third-order valence-corrected chi connectivity index (χ3v) is 13.1. The molecule has 6 aliphatic rings. The van der Waals surface area contributed by atoms with Crippen LogP contribution >= 0.6 is 0 Å². The van der Waals surface area contributed by atoms with Gasteiger partial charge in [0.2, 0.25) is 0 Å². The molecule has 1 aromatic rings. The average molecular weight is 574 g/mol. The second kappa shape index (κ2) is 11.3. The predicted molar refractivity (Wildman–Crippen MR) is 164 cm³/mol. The fraction of sp³-hybridized carbons (Fsp3) is 0.750. The molecule has 12 atom stereocenters. The Kier molecular flexibility index (Phi) is 7.63. The van der Waals surface area contributed by atoms with Crippen LogP contribution in [0.25, 0.3) is 0 Å². The molecule has 0 aromatic heterocycles. The van der Waals surface area contributed by atoms with Crippen LogP contribution in [0.4, 0.5) is 0 Å². The molecule has 3 N–H and O–H groups in total. The lowest BCUT2D eigenvalue weighted by Crippen LogP contribution is -2.42. The molecule has 0 unspecified atom stereocenters. The van der Waals surface area contributed by atoms with Crippen LogP contribution in [0.15, 0.2) is 18.2 Å². The second-order valence-corrected chi connectivity index (χ2v) is 15.6. The Morgan fingerprint density at radius 2 is 0.786 bits per heavy atom. The minimum absolute atomic E-state index is 0.0816. The van der Waals surface area contributed by atoms with E-state index in [9.17, 15) is 14.4 Å². The molecule has 0 saturated heterocycles. The third kappa shape index (κ3) is 5.41. The van der Waals surface area contributed by atoms with Gasteiger partial charge in [0.15, 0.2) is 0 Å². The lowest BCUT2D eigenvalue weighted by atomic mass is 9.83. The zero-order valence-corrected chi connectivity index (χ0v) is 25.9. The van der Waals surface area contributed by atoms with E-state index in [-0.39, 0.29) is 35.8 Å². The van der Waals surface area contributed by atoms with E-state index in [1.54, 1.807) is 18.2 Å². The van der Waals surface area contributed by atoms with Gasteiger partial charge in [0.05, 0.1) is 0 Å². The van der Waals surface area contributed by atoms with Crippen molar-refractivity contribution in [2.45, 2.75) is 116 Å². The molecule has 6 heteroatoms. The summed E-state index contributed by atoms with van der Waals surface area (Å²) in [5.41, 5.74) is 1.22. The Balaban J connectivity index is 1.08. The highest BCUT2D eigenvalue weighted by Crippen LogP contribution is 2.51. The number of amides is 3. The van der Waals surface area contributed by atoms with Crippen molar-refractivity contribution in [1.29, 1.82) is 0 Å². The van der Waals surface area contributed by atoms with E-state index >= 15 is 0 Å². The van der Waals surface area contributed by atoms with E-state index in [2.05, 4.69) is 36.7 Å². The maximum absolute atomic E-state index is 13.6. The molecule has 0 aliphatic heterocycles. The number of hydrogen-bond donors (Lipinski definition) is 3. The Morgan fingerprint density at radius 3 is 1.00 bits per heavy atom. The highest BCUT2D eigenvalue weighted by atomic mass is 16.2. The van der Waals surface area contributed by atoms with E-state index in [1.807, 2.05) is 0 Å². The van der Waals surface area contributed by atoms with Crippen LogP contribution in [-0.4, -0.2) is 35.8 Å². The Morgan fingerprint density at radius 1 is 0.500 bits per heavy atom. The molecule has 228 valence electrons. The quantitative estimate of drug-likeness (QED) is 0.322. The van der Waals surface area contributed by atoms with E-state index in [0.717, 1.165) is 17.8 Å². The first kappa shape index (κ1) is 28.4. The van der Waals surface area contributed by atoms with Gasteiger partial charge in [-0.25, -0.2) is 0 Å². The fourth-order valence-electron chi connectivity index (χ4n) is 10.9. The Labute approximate surface area is 251 Å². The van der Waals surface area contributed by atoms with Gasteiger partial charge in [0.1, 0.15) is 0 Å². The number of hydrogen-bond acceptors (Lipinski definition) is 3. The molecular weight excluding hydrogens is 522 g/mol. The monoisotopic (exact) mass is 573 g/mol. The highest BCUT2D eigenvalue weighted by molar-refractivity contribution is 6.04. The molecule has 6 fully saturated rings. The molecule has 6 nitrogen and oxygen atoms in total. The van der Waals surface area contributed by atoms with Gasteiger partial charge in [0, 0.05) is 34.8 Å². The molecule has 1 aromatic carbocycles. The minimum atomic E-state index is -0.184. The van der Waals surface area contributed by atoms with Gasteiger partial charge in [-0.1, -0.05) is 19.3 Å². The summed E-state index contributed by atoms with van der Waals surface area (Å²) in [4.78, 5) is 40.9. The molecule has 0 heterocycles. The molecule has 7 rings (SSSR count). The van der Waals surface area contributed by atoms with Crippen LogP contribution in [0.3, 0.4) is 0 Å². The van der Waals surface area contributed by atoms with Gasteiger partial charge in [-0.2, -0.15) is 0 Å². The van der Waals surface area contributed by atoms with Crippen LogP contribution in [0, 0.1) is 53.3 Å². The predicted octanol–water partition coefficient (Wildman–Crippen LogP) is 6.35. The summed E-state index contributed by atoms with van der Waals surface area (Å²) in [6.45, 7) is 6.38. The van der Waals surface area contributed by atoms with Gasteiger partial charge < -0.3 is 16.0 Å². The summed E-state index contributed by atoms with van der Waals surface area (Å²) < 4.78 is 0. The van der Waals surface area contributed by atoms with Crippen molar-refractivity contribution in [1.82, 2.24) is 16.0 Å². The van der Waals surface area contributed by atoms with E-state index in [0.29, 0.717) is 52.2 Å². The number of carbonyl (C=O) groups is 3. The van der Waals surface area contributed by atoms with Crippen LogP contribution in [0.5, 0.6) is 0 Å². The summed E-state index contributed by atoms with van der Waals surface area (Å²) in [6.07, 6.45) is 15.3. The molecule has 3 amide bonds. The van der Waals surface area contributed by atoms with Gasteiger partial charge in [0.25, 0.3) is 17.7 Å². The maximum Gasteiger partial charge on any atom is 0.251 e. The van der Waals surface area contributed by atoms with E-state index in [4.69, 9.17) is 0 Å². The standard InChI is InChI=1S/C36H51N3O3/c1-19(31-13-22-4-7-25(31)10-22)37-34(40)28-16-29(35(41)38-20(2)32-14-23-5-8-26(32)11-23)18-30(17-28)36(42)39-21(3)33-15-24-6-9-27(33)12-24/h16-27,31-33H,4-15H2,1-3H3,(H,37,40)(H,38,41)(H,39,42)/t19-,20-,21+,22+,23+,24+,25+,26+,27+,31+,32+,33-/m1/s1. The number of rotatable bonds is 9. The lowest BCUT2D eigenvalue weighted by Gasteiger charge is -2.29. The molecule has 42 heavy (non-hydrogen) atoms. The van der Waals surface area contributed by atoms with Gasteiger partial charge in [-0.3, -0.25) is 14.4 Å². The topological polar surface area (TPSA) is 87.3 Å². The molecule has 6 aliphatic carbocycles. The van der Waals surface area contributed by atoms with E-state index < -0.39 is 0 Å². The van der Waals surface area contributed by atoms with Crippen molar-refractivity contribution in [3.63, 3.8) is 0 Å². The zero-order chi connectivity index (χ0) is 29.1. The second-order valence-electron chi connectivity index (χ2n) is 15.6. The summed E-state index contributed by atoms with van der Waals surface area (Å²) in [6, 6.07) is 5.33. The summed E-state index contributed by atoms with van der Waals surface area (Å²) >= 11 is 0. The molecule has 6 saturated carbocycles. The van der Waals surface area contributed by atoms with Crippen molar-refractivity contribution in [2.24, 2.45) is 53.3 Å². The largest absolute Gasteiger partial charge is 0.349 e. The first-order valence-corrected chi connectivity index (χ1v) is 17.3. The Bertz CT molecular complexity index is 1070. The molecule has 0 spiro atoms. The van der Waals surface area contributed by atoms with E-state index in [1.165, 1.54) is 77.0 Å². The zero-order valence-electron chi connectivity index (χ0n) is 25.9. The lowest BCUT2D eigenvalue weighted by molar-refractivity contribution is 0.0914. The molecule has 6 bridgehead atoms. The Hall–Kier alpha value is -2.37.